The summed E-state index contributed by atoms with van der Waals surface area (Å²) in [5, 5.41) is 21.5. The number of carbonyl (C=O) groups excluding carboxylic acids is 1. The van der Waals surface area contributed by atoms with Gasteiger partial charge in [-0.25, -0.2) is 0 Å². The van der Waals surface area contributed by atoms with Crippen molar-refractivity contribution in [3.63, 3.8) is 0 Å². The maximum absolute atomic E-state index is 11.5. The van der Waals surface area contributed by atoms with E-state index in [4.69, 9.17) is 5.11 Å². The molecule has 0 spiro atoms. The minimum atomic E-state index is -0.947. The second kappa shape index (κ2) is 2.28. The van der Waals surface area contributed by atoms with E-state index in [1.165, 1.54) is 0 Å². The maximum atomic E-state index is 11.5. The van der Waals surface area contributed by atoms with Crippen LogP contribution in [0.15, 0.2) is 0 Å². The minimum Gasteiger partial charge on any atom is -0.481 e. The molecule has 6 unspecified atom stereocenters. The molecule has 2 bridgehead atoms. The highest BCUT2D eigenvalue weighted by molar-refractivity contribution is 5.89. The summed E-state index contributed by atoms with van der Waals surface area (Å²) in [4.78, 5) is 22.4. The molecule has 0 aromatic rings. The third kappa shape index (κ3) is 0.706. The van der Waals surface area contributed by atoms with Gasteiger partial charge in [-0.15, -0.1) is 0 Å². The van der Waals surface area contributed by atoms with Gasteiger partial charge >= 0.3 is 5.97 Å². The molecule has 0 aromatic carbocycles. The molecule has 1 amide bonds. The number of hydrogen-bond donors (Lipinski definition) is 3. The third-order valence-corrected chi connectivity index (χ3v) is 4.02. The van der Waals surface area contributed by atoms with E-state index in [1.54, 1.807) is 0 Å². The molecule has 5 nitrogen and oxygen atoms in total. The highest BCUT2D eigenvalue weighted by Gasteiger charge is 2.66. The Labute approximate surface area is 80.1 Å². The molecule has 3 fully saturated rings. The first kappa shape index (κ1) is 8.23. The highest BCUT2D eigenvalue weighted by Crippen LogP contribution is 2.55. The number of rotatable bonds is 1. The van der Waals surface area contributed by atoms with Crippen molar-refractivity contribution in [1.29, 1.82) is 0 Å². The number of aliphatic hydroxyl groups is 1. The van der Waals surface area contributed by atoms with E-state index in [0.717, 1.165) is 0 Å². The summed E-state index contributed by atoms with van der Waals surface area (Å²) in [6.45, 7) is 0. The van der Waals surface area contributed by atoms with Crippen molar-refractivity contribution < 1.29 is 19.8 Å². The van der Waals surface area contributed by atoms with Crippen molar-refractivity contribution in [2.45, 2.75) is 18.6 Å². The zero-order valence-corrected chi connectivity index (χ0v) is 7.38. The Balaban J connectivity index is 2.04. The summed E-state index contributed by atoms with van der Waals surface area (Å²) >= 11 is 0. The number of aliphatic carboxylic acids is 1. The SMILES string of the molecule is O=C(O)C1C2CC3C(NC(=O)C31)C2O. The van der Waals surface area contributed by atoms with E-state index in [0.29, 0.717) is 6.42 Å². The van der Waals surface area contributed by atoms with Gasteiger partial charge in [-0.05, 0) is 12.3 Å². The molecule has 3 aliphatic rings. The Morgan fingerprint density at radius 3 is 2.79 bits per heavy atom. The lowest BCUT2D eigenvalue weighted by molar-refractivity contribution is -0.149. The molecule has 1 aliphatic heterocycles. The summed E-state index contributed by atoms with van der Waals surface area (Å²) in [6.07, 6.45) is 0.00968. The summed E-state index contributed by atoms with van der Waals surface area (Å²) in [5.74, 6) is -2.39. The summed E-state index contributed by atoms with van der Waals surface area (Å²) in [7, 11) is 0. The van der Waals surface area contributed by atoms with Crippen LogP contribution >= 0.6 is 0 Å². The molecule has 6 atom stereocenters. The molecular weight excluding hydrogens is 186 g/mol. The molecule has 2 aliphatic carbocycles. The van der Waals surface area contributed by atoms with Crippen molar-refractivity contribution in [2.24, 2.45) is 23.7 Å². The van der Waals surface area contributed by atoms with E-state index < -0.39 is 23.9 Å². The van der Waals surface area contributed by atoms with E-state index in [-0.39, 0.29) is 23.8 Å². The van der Waals surface area contributed by atoms with Gasteiger partial charge in [0.05, 0.1) is 24.0 Å². The number of amides is 1. The van der Waals surface area contributed by atoms with Crippen LogP contribution in [0.3, 0.4) is 0 Å². The van der Waals surface area contributed by atoms with E-state index in [9.17, 15) is 14.7 Å². The number of carboxylic acid groups (broad SMARTS) is 1. The predicted molar refractivity (Wildman–Crippen MR) is 44.2 cm³/mol. The van der Waals surface area contributed by atoms with Crippen LogP contribution < -0.4 is 5.32 Å². The van der Waals surface area contributed by atoms with Crippen molar-refractivity contribution >= 4 is 11.9 Å². The molecule has 1 heterocycles. The predicted octanol–water partition coefficient (Wildman–Crippen LogP) is -1.19. The number of hydrogen-bond acceptors (Lipinski definition) is 3. The largest absolute Gasteiger partial charge is 0.481 e. The lowest BCUT2D eigenvalue weighted by Crippen LogP contribution is -2.42. The molecule has 3 rings (SSSR count). The van der Waals surface area contributed by atoms with Crippen LogP contribution in [0.4, 0.5) is 0 Å². The zero-order chi connectivity index (χ0) is 10.0. The smallest absolute Gasteiger partial charge is 0.307 e. The number of aliphatic hydroxyl groups excluding tert-OH is 1. The van der Waals surface area contributed by atoms with Gasteiger partial charge in [-0.3, -0.25) is 9.59 Å². The fourth-order valence-electron chi connectivity index (χ4n) is 3.53. The highest BCUT2D eigenvalue weighted by atomic mass is 16.4. The topological polar surface area (TPSA) is 86.6 Å². The first-order valence-electron chi connectivity index (χ1n) is 4.82. The fraction of sp³-hybridized carbons (Fsp3) is 0.778. The van der Waals surface area contributed by atoms with Crippen LogP contribution in [0, 0.1) is 23.7 Å². The Morgan fingerprint density at radius 2 is 2.14 bits per heavy atom. The normalized spacial score (nSPS) is 53.6. The van der Waals surface area contributed by atoms with Crippen LogP contribution in [0.5, 0.6) is 0 Å². The van der Waals surface area contributed by atoms with Crippen molar-refractivity contribution in [3.05, 3.63) is 0 Å². The first-order chi connectivity index (χ1) is 6.61. The number of carboxylic acids is 1. The van der Waals surface area contributed by atoms with Crippen LogP contribution in [0.2, 0.25) is 0 Å². The number of nitrogens with one attached hydrogen (secondary N) is 1. The zero-order valence-electron chi connectivity index (χ0n) is 7.38. The summed E-state index contributed by atoms with van der Waals surface area (Å²) in [6, 6.07) is -0.187. The van der Waals surface area contributed by atoms with Gasteiger partial charge in [-0.2, -0.15) is 0 Å². The minimum absolute atomic E-state index is 0.0450. The van der Waals surface area contributed by atoms with Gasteiger partial charge in [0.1, 0.15) is 0 Å². The van der Waals surface area contributed by atoms with Gasteiger partial charge in [0.25, 0.3) is 0 Å². The molecule has 14 heavy (non-hydrogen) atoms. The molecular formula is C9H11NO4. The molecule has 5 heteroatoms. The Morgan fingerprint density at radius 1 is 1.43 bits per heavy atom. The molecule has 2 saturated carbocycles. The summed E-state index contributed by atoms with van der Waals surface area (Å²) in [5.41, 5.74) is 0. The average Bonchev–Trinajstić information content (AvgIpc) is 2.67. The molecule has 0 radical (unpaired) electrons. The van der Waals surface area contributed by atoms with Crippen molar-refractivity contribution in [2.75, 3.05) is 0 Å². The maximum Gasteiger partial charge on any atom is 0.307 e. The monoisotopic (exact) mass is 197 g/mol. The standard InChI is InChI=1S/C9H11NO4/c11-7-3-1-2-4(5(3)9(13)14)8(12)10-6(2)7/h2-7,11H,1H2,(H,10,12)(H,13,14). The van der Waals surface area contributed by atoms with Gasteiger partial charge < -0.3 is 15.5 Å². The van der Waals surface area contributed by atoms with Crippen molar-refractivity contribution in [3.8, 4) is 0 Å². The average molecular weight is 197 g/mol. The van der Waals surface area contributed by atoms with Crippen LogP contribution in [0.25, 0.3) is 0 Å². The van der Waals surface area contributed by atoms with E-state index >= 15 is 0 Å². The van der Waals surface area contributed by atoms with Crippen LogP contribution in [0.1, 0.15) is 6.42 Å². The Hall–Kier alpha value is -1.10. The van der Waals surface area contributed by atoms with Gasteiger partial charge in [0, 0.05) is 5.92 Å². The van der Waals surface area contributed by atoms with Crippen LogP contribution in [-0.2, 0) is 9.59 Å². The quantitative estimate of drug-likeness (QED) is 0.493. The van der Waals surface area contributed by atoms with Gasteiger partial charge in [0.2, 0.25) is 5.91 Å². The van der Waals surface area contributed by atoms with E-state index in [1.807, 2.05) is 0 Å². The Bertz CT molecular complexity index is 329. The van der Waals surface area contributed by atoms with Gasteiger partial charge in [0.15, 0.2) is 0 Å². The molecule has 0 aromatic heterocycles. The van der Waals surface area contributed by atoms with Gasteiger partial charge in [-0.1, -0.05) is 0 Å². The number of carbonyl (C=O) groups is 2. The first-order valence-corrected chi connectivity index (χ1v) is 4.82. The fourth-order valence-corrected chi connectivity index (χ4v) is 3.53. The lowest BCUT2D eigenvalue weighted by Gasteiger charge is -2.26. The lowest BCUT2D eigenvalue weighted by atomic mass is 9.78. The number of fused-ring (bicyclic) bond motifs is 1. The van der Waals surface area contributed by atoms with Crippen LogP contribution in [-0.4, -0.2) is 34.2 Å². The third-order valence-electron chi connectivity index (χ3n) is 4.02. The second-order valence-electron chi connectivity index (χ2n) is 4.48. The molecule has 3 N–H and O–H groups in total. The van der Waals surface area contributed by atoms with Crippen molar-refractivity contribution in [1.82, 2.24) is 5.32 Å². The molecule has 1 saturated heterocycles. The summed E-state index contributed by atoms with van der Waals surface area (Å²) < 4.78 is 0. The molecule has 76 valence electrons. The Kier molecular flexibility index (Phi) is 1.34. The second-order valence-corrected chi connectivity index (χ2v) is 4.48. The van der Waals surface area contributed by atoms with E-state index in [2.05, 4.69) is 5.32 Å².